The highest BCUT2D eigenvalue weighted by molar-refractivity contribution is 9.10. The van der Waals surface area contributed by atoms with Crippen molar-refractivity contribution < 1.29 is 9.84 Å². The van der Waals surface area contributed by atoms with Crippen LogP contribution in [0.4, 0.5) is 0 Å². The van der Waals surface area contributed by atoms with Crippen LogP contribution in [0.2, 0.25) is 0 Å². The normalized spacial score (nSPS) is 19.0. The van der Waals surface area contributed by atoms with Gasteiger partial charge in [-0.25, -0.2) is 0 Å². The summed E-state index contributed by atoms with van der Waals surface area (Å²) in [6.07, 6.45) is -0.522. The monoisotopic (exact) mass is 342 g/mol. The van der Waals surface area contributed by atoms with Crippen molar-refractivity contribution in [2.24, 2.45) is 0 Å². The van der Waals surface area contributed by atoms with Gasteiger partial charge in [-0.05, 0) is 32.2 Å². The van der Waals surface area contributed by atoms with Crippen LogP contribution < -0.4 is 4.74 Å². The van der Waals surface area contributed by atoms with Crippen molar-refractivity contribution in [1.82, 2.24) is 9.80 Å². The Morgan fingerprint density at radius 1 is 1.30 bits per heavy atom. The summed E-state index contributed by atoms with van der Waals surface area (Å²) in [4.78, 5) is 4.76. The molecule has 1 saturated heterocycles. The molecule has 2 rings (SSSR count). The van der Waals surface area contributed by atoms with E-state index < -0.39 is 6.10 Å². The molecule has 1 aromatic rings. The number of aliphatic hydroxyl groups is 1. The van der Waals surface area contributed by atoms with Gasteiger partial charge in [-0.1, -0.05) is 15.9 Å². The van der Waals surface area contributed by atoms with Gasteiger partial charge in [0.25, 0.3) is 0 Å². The number of benzene rings is 1. The maximum atomic E-state index is 9.79. The first-order valence-corrected chi connectivity index (χ1v) is 7.87. The van der Waals surface area contributed by atoms with Crippen LogP contribution in [-0.4, -0.2) is 61.3 Å². The second-order valence-corrected chi connectivity index (χ2v) is 6.27. The van der Waals surface area contributed by atoms with Gasteiger partial charge in [0.1, 0.15) is 12.4 Å². The van der Waals surface area contributed by atoms with E-state index in [1.54, 1.807) is 6.92 Å². The first-order chi connectivity index (χ1) is 9.56. The summed E-state index contributed by atoms with van der Waals surface area (Å²) in [6.45, 7) is 7.80. The molecule has 1 unspecified atom stereocenters. The third kappa shape index (κ3) is 4.45. The Morgan fingerprint density at radius 3 is 2.65 bits per heavy atom. The molecule has 0 aromatic heterocycles. The summed E-state index contributed by atoms with van der Waals surface area (Å²) in [6, 6.07) is 5.77. The number of piperazine rings is 1. The van der Waals surface area contributed by atoms with Crippen LogP contribution in [0, 0.1) is 0 Å². The summed E-state index contributed by atoms with van der Waals surface area (Å²) in [7, 11) is 2.16. The molecule has 0 bridgehead atoms. The minimum Gasteiger partial charge on any atom is -0.492 e. The lowest BCUT2D eigenvalue weighted by Crippen LogP contribution is -2.45. The van der Waals surface area contributed by atoms with Crippen LogP contribution >= 0.6 is 15.9 Å². The van der Waals surface area contributed by atoms with E-state index in [0.717, 1.165) is 48.5 Å². The van der Waals surface area contributed by atoms with E-state index in [1.165, 1.54) is 0 Å². The van der Waals surface area contributed by atoms with Gasteiger partial charge in [0.05, 0.1) is 6.10 Å². The highest BCUT2D eigenvalue weighted by atomic mass is 79.9. The number of rotatable bonds is 5. The van der Waals surface area contributed by atoms with Crippen LogP contribution in [0.15, 0.2) is 22.7 Å². The van der Waals surface area contributed by atoms with Crippen LogP contribution in [-0.2, 0) is 0 Å². The molecule has 5 heteroatoms. The Labute approximate surface area is 129 Å². The Balaban J connectivity index is 1.85. The molecule has 1 aliphatic rings. The maximum absolute atomic E-state index is 9.79. The van der Waals surface area contributed by atoms with Gasteiger partial charge >= 0.3 is 0 Å². The van der Waals surface area contributed by atoms with Gasteiger partial charge in [0.15, 0.2) is 0 Å². The number of hydrogen-bond acceptors (Lipinski definition) is 4. The smallest absolute Gasteiger partial charge is 0.125 e. The van der Waals surface area contributed by atoms with E-state index in [4.69, 9.17) is 4.74 Å². The summed E-state index contributed by atoms with van der Waals surface area (Å²) < 4.78 is 6.81. The summed E-state index contributed by atoms with van der Waals surface area (Å²) >= 11 is 3.42. The van der Waals surface area contributed by atoms with Gasteiger partial charge in [0.2, 0.25) is 0 Å². The molecule has 1 fully saturated rings. The summed E-state index contributed by atoms with van der Waals surface area (Å²) in [5, 5.41) is 9.79. The molecule has 4 nitrogen and oxygen atoms in total. The molecule has 0 saturated carbocycles. The standard InChI is InChI=1S/C15H23BrN2O2/c1-12(19)14-11-13(16)3-4-15(14)20-10-9-18-7-5-17(2)6-8-18/h3-4,11-12,19H,5-10H2,1-2H3. The zero-order chi connectivity index (χ0) is 14.5. The predicted octanol–water partition coefficient (Wildman–Crippen LogP) is 2.13. The van der Waals surface area contributed by atoms with Gasteiger partial charge in [-0.2, -0.15) is 0 Å². The zero-order valence-corrected chi connectivity index (χ0v) is 13.8. The number of likely N-dealkylation sites (N-methyl/N-ethyl adjacent to an activating group) is 1. The van der Waals surface area contributed by atoms with Crippen molar-refractivity contribution in [2.45, 2.75) is 13.0 Å². The van der Waals surface area contributed by atoms with Crippen LogP contribution in [0.25, 0.3) is 0 Å². The largest absolute Gasteiger partial charge is 0.492 e. The van der Waals surface area contributed by atoms with E-state index >= 15 is 0 Å². The Bertz CT molecular complexity index is 432. The Morgan fingerprint density at radius 2 is 2.00 bits per heavy atom. The highest BCUT2D eigenvalue weighted by Crippen LogP contribution is 2.28. The molecule has 0 aliphatic carbocycles. The van der Waals surface area contributed by atoms with Crippen LogP contribution in [0.3, 0.4) is 0 Å². The van der Waals surface area contributed by atoms with Crippen molar-refractivity contribution in [3.63, 3.8) is 0 Å². The van der Waals surface area contributed by atoms with Crippen LogP contribution in [0.5, 0.6) is 5.75 Å². The molecule has 1 atom stereocenters. The Hall–Kier alpha value is -0.620. The van der Waals surface area contributed by atoms with Gasteiger partial charge in [-0.3, -0.25) is 4.90 Å². The average molecular weight is 343 g/mol. The minimum absolute atomic E-state index is 0.522. The van der Waals surface area contributed by atoms with E-state index in [9.17, 15) is 5.11 Å². The third-order valence-corrected chi connectivity index (χ3v) is 4.18. The number of hydrogen-bond donors (Lipinski definition) is 1. The molecule has 0 radical (unpaired) electrons. The van der Waals surface area contributed by atoms with E-state index in [2.05, 4.69) is 32.8 Å². The fourth-order valence-electron chi connectivity index (χ4n) is 2.33. The summed E-state index contributed by atoms with van der Waals surface area (Å²) in [5.41, 5.74) is 0.831. The molecule has 1 heterocycles. The fourth-order valence-corrected chi connectivity index (χ4v) is 2.71. The maximum Gasteiger partial charge on any atom is 0.125 e. The molecule has 1 N–H and O–H groups in total. The Kier molecular flexibility index (Phi) is 5.84. The number of ether oxygens (including phenoxy) is 1. The quantitative estimate of drug-likeness (QED) is 0.889. The zero-order valence-electron chi connectivity index (χ0n) is 12.2. The molecular weight excluding hydrogens is 320 g/mol. The average Bonchev–Trinajstić information content (AvgIpc) is 2.42. The van der Waals surface area contributed by atoms with Crippen LogP contribution in [0.1, 0.15) is 18.6 Å². The van der Waals surface area contributed by atoms with Gasteiger partial charge in [0, 0.05) is 42.8 Å². The van der Waals surface area contributed by atoms with Crippen molar-refractivity contribution in [1.29, 1.82) is 0 Å². The lowest BCUT2D eigenvalue weighted by molar-refractivity contribution is 0.131. The van der Waals surface area contributed by atoms with Crippen molar-refractivity contribution in [2.75, 3.05) is 46.4 Å². The predicted molar refractivity (Wildman–Crippen MR) is 84.2 cm³/mol. The number of halogens is 1. The SMILES string of the molecule is CC(O)c1cc(Br)ccc1OCCN1CCN(C)CC1. The summed E-state index contributed by atoms with van der Waals surface area (Å²) in [5.74, 6) is 0.775. The molecule has 0 spiro atoms. The molecule has 1 aromatic carbocycles. The first kappa shape index (κ1) is 15.8. The second-order valence-electron chi connectivity index (χ2n) is 5.35. The van der Waals surface area contributed by atoms with Crippen molar-refractivity contribution in [3.05, 3.63) is 28.2 Å². The van der Waals surface area contributed by atoms with E-state index in [1.807, 2.05) is 18.2 Å². The molecule has 1 aliphatic heterocycles. The highest BCUT2D eigenvalue weighted by Gasteiger charge is 2.14. The first-order valence-electron chi connectivity index (χ1n) is 7.07. The molecule has 112 valence electrons. The second kappa shape index (κ2) is 7.41. The van der Waals surface area contributed by atoms with Crippen molar-refractivity contribution in [3.8, 4) is 5.75 Å². The molecule has 0 amide bonds. The number of aliphatic hydroxyl groups excluding tert-OH is 1. The minimum atomic E-state index is -0.522. The topological polar surface area (TPSA) is 35.9 Å². The third-order valence-electron chi connectivity index (χ3n) is 3.68. The van der Waals surface area contributed by atoms with Gasteiger partial charge in [-0.15, -0.1) is 0 Å². The lowest BCUT2D eigenvalue weighted by Gasteiger charge is -2.32. The van der Waals surface area contributed by atoms with Crippen molar-refractivity contribution >= 4 is 15.9 Å². The number of nitrogens with zero attached hydrogens (tertiary/aromatic N) is 2. The van der Waals surface area contributed by atoms with E-state index in [-0.39, 0.29) is 0 Å². The lowest BCUT2D eigenvalue weighted by atomic mass is 10.1. The molecular formula is C15H23BrN2O2. The molecule has 20 heavy (non-hydrogen) atoms. The van der Waals surface area contributed by atoms with E-state index in [0.29, 0.717) is 6.61 Å². The fraction of sp³-hybridized carbons (Fsp3) is 0.600. The van der Waals surface area contributed by atoms with Gasteiger partial charge < -0.3 is 14.7 Å².